The molecule has 3 rings (SSSR count). The first-order valence-electron chi connectivity index (χ1n) is 14.5. The second-order valence-electron chi connectivity index (χ2n) is 11.2. The number of hydrogen-bond acceptors (Lipinski definition) is 8. The summed E-state index contributed by atoms with van der Waals surface area (Å²) >= 11 is 0. The third-order valence-corrected chi connectivity index (χ3v) is 7.95. The summed E-state index contributed by atoms with van der Waals surface area (Å²) in [5.74, 6) is -1.13. The van der Waals surface area contributed by atoms with Gasteiger partial charge in [-0.2, -0.15) is 0 Å². The summed E-state index contributed by atoms with van der Waals surface area (Å²) in [4.78, 5) is 51.1. The van der Waals surface area contributed by atoms with Gasteiger partial charge in [0, 0.05) is 12.5 Å². The van der Waals surface area contributed by atoms with Crippen LogP contribution in [0.15, 0.2) is 29.1 Å². The van der Waals surface area contributed by atoms with E-state index >= 15 is 0 Å². The molecule has 2 aromatic carbocycles. The van der Waals surface area contributed by atoms with E-state index < -0.39 is 30.0 Å². The quantitative estimate of drug-likeness (QED) is 0.285. The van der Waals surface area contributed by atoms with E-state index in [4.69, 9.17) is 14.2 Å². The van der Waals surface area contributed by atoms with Crippen molar-refractivity contribution in [3.63, 3.8) is 0 Å². The highest BCUT2D eigenvalue weighted by atomic mass is 16.5. The van der Waals surface area contributed by atoms with Gasteiger partial charge in [-0.25, -0.2) is 4.79 Å². The minimum Gasteiger partial charge on any atom is -0.493 e. The fraction of sp³-hybridized carbons (Fsp3) is 0.500. The molecular weight excluding hydrogens is 554 g/mol. The van der Waals surface area contributed by atoms with Crippen LogP contribution in [0.25, 0.3) is 11.1 Å². The molecule has 0 spiro atoms. The average Bonchev–Trinajstić information content (AvgIpc) is 3.20. The number of ether oxygens (including phenoxy) is 3. The SMILES string of the molecule is CC[C@H](C)[C@H](Nc1ccc2c(cc1=O)[C@@H](NC(C)=O)CCc1cc(OC)c(OC)c(OC)c1-2)C(=O)N[C@H](C(=O)O)C(C)C. The number of benzene rings is 1. The maximum Gasteiger partial charge on any atom is 0.326 e. The highest BCUT2D eigenvalue weighted by Gasteiger charge is 2.32. The zero-order valence-corrected chi connectivity index (χ0v) is 26.1. The molecule has 0 unspecified atom stereocenters. The van der Waals surface area contributed by atoms with Gasteiger partial charge < -0.3 is 35.3 Å². The topological polar surface area (TPSA) is 152 Å². The fourth-order valence-electron chi connectivity index (χ4n) is 5.45. The molecule has 1 aliphatic carbocycles. The second kappa shape index (κ2) is 14.3. The van der Waals surface area contributed by atoms with Crippen molar-refractivity contribution >= 4 is 23.5 Å². The number of carbonyl (C=O) groups excluding carboxylic acids is 2. The summed E-state index contributed by atoms with van der Waals surface area (Å²) in [7, 11) is 4.58. The number of amides is 2. The molecule has 11 heteroatoms. The van der Waals surface area contributed by atoms with E-state index in [1.807, 2.05) is 19.9 Å². The molecule has 4 atom stereocenters. The van der Waals surface area contributed by atoms with Gasteiger partial charge in [-0.1, -0.05) is 40.2 Å². The van der Waals surface area contributed by atoms with Crippen LogP contribution in [0.5, 0.6) is 17.2 Å². The summed E-state index contributed by atoms with van der Waals surface area (Å²) in [6, 6.07) is 4.29. The van der Waals surface area contributed by atoms with E-state index in [9.17, 15) is 24.3 Å². The van der Waals surface area contributed by atoms with E-state index in [1.54, 1.807) is 33.1 Å². The summed E-state index contributed by atoms with van der Waals surface area (Å²) < 4.78 is 17.0. The first kappa shape index (κ1) is 33.2. The van der Waals surface area contributed by atoms with Crippen LogP contribution in [0, 0.1) is 11.8 Å². The molecule has 0 aromatic heterocycles. The van der Waals surface area contributed by atoms with Crippen molar-refractivity contribution in [2.75, 3.05) is 26.6 Å². The van der Waals surface area contributed by atoms with Crippen molar-refractivity contribution in [3.8, 4) is 28.4 Å². The first-order chi connectivity index (χ1) is 20.4. The Morgan fingerprint density at radius 3 is 2.21 bits per heavy atom. The molecule has 0 saturated heterocycles. The molecule has 4 N–H and O–H groups in total. The van der Waals surface area contributed by atoms with Gasteiger partial charge in [-0.05, 0) is 59.6 Å². The lowest BCUT2D eigenvalue weighted by Crippen LogP contribution is -2.52. The van der Waals surface area contributed by atoms with Crippen LogP contribution in [0.2, 0.25) is 0 Å². The largest absolute Gasteiger partial charge is 0.493 e. The highest BCUT2D eigenvalue weighted by molar-refractivity contribution is 5.89. The second-order valence-corrected chi connectivity index (χ2v) is 11.2. The van der Waals surface area contributed by atoms with Crippen LogP contribution in [0.1, 0.15) is 64.6 Å². The molecule has 0 radical (unpaired) electrons. The van der Waals surface area contributed by atoms with Gasteiger partial charge >= 0.3 is 5.97 Å². The average molecular weight is 598 g/mol. The van der Waals surface area contributed by atoms with Crippen LogP contribution in [0.4, 0.5) is 5.69 Å². The van der Waals surface area contributed by atoms with E-state index in [0.717, 1.165) is 5.56 Å². The van der Waals surface area contributed by atoms with Gasteiger partial charge in [0.05, 0.1) is 33.1 Å². The zero-order valence-electron chi connectivity index (χ0n) is 26.1. The Labute approximate surface area is 252 Å². The maximum absolute atomic E-state index is 13.8. The van der Waals surface area contributed by atoms with E-state index in [1.165, 1.54) is 27.2 Å². The molecule has 0 heterocycles. The van der Waals surface area contributed by atoms with Crippen molar-refractivity contribution in [2.24, 2.45) is 11.8 Å². The standard InChI is InChI=1S/C32H43N3O8/c1-9-17(4)28(31(38)35-27(16(2)3)32(39)40)34-23-13-11-20-21(15-24(23)37)22(33-18(5)36)12-10-19-14-25(41-6)29(42-7)30(43-8)26(19)20/h11,13-17,22,27-28H,9-10,12H2,1-8H3,(H,33,36)(H,34,37)(H,35,38)(H,39,40)/t17-,22-,27-,28-/m0/s1. The lowest BCUT2D eigenvalue weighted by atomic mass is 9.95. The summed E-state index contributed by atoms with van der Waals surface area (Å²) in [5.41, 5.74) is 2.62. The van der Waals surface area contributed by atoms with Crippen molar-refractivity contribution in [1.82, 2.24) is 10.6 Å². The molecule has 0 fully saturated rings. The number of nitrogens with one attached hydrogen (secondary N) is 3. The van der Waals surface area contributed by atoms with Gasteiger partial charge in [0.25, 0.3) is 0 Å². The number of methoxy groups -OCH3 is 3. The normalized spacial score (nSPS) is 16.0. The highest BCUT2D eigenvalue weighted by Crippen LogP contribution is 2.50. The number of carbonyl (C=O) groups is 3. The van der Waals surface area contributed by atoms with Crippen molar-refractivity contribution in [3.05, 3.63) is 45.6 Å². The minimum atomic E-state index is -1.13. The molecule has 234 valence electrons. The molecule has 0 bridgehead atoms. The lowest BCUT2D eigenvalue weighted by Gasteiger charge is -2.27. The van der Waals surface area contributed by atoms with Crippen molar-refractivity contribution < 1.29 is 33.7 Å². The van der Waals surface area contributed by atoms with Crippen molar-refractivity contribution in [2.45, 2.75) is 72.0 Å². The lowest BCUT2D eigenvalue weighted by molar-refractivity contribution is -0.143. The molecule has 0 saturated carbocycles. The summed E-state index contributed by atoms with van der Waals surface area (Å²) in [5, 5.41) is 18.3. The Bertz CT molecular complexity index is 1420. The Hall–Kier alpha value is -4.28. The Kier molecular flexibility index (Phi) is 11.0. The summed E-state index contributed by atoms with van der Waals surface area (Å²) in [6.45, 7) is 8.63. The van der Waals surface area contributed by atoms with E-state index in [0.29, 0.717) is 53.2 Å². The molecule has 0 aliphatic heterocycles. The number of fused-ring (bicyclic) bond motifs is 3. The molecule has 11 nitrogen and oxygen atoms in total. The number of aliphatic carboxylic acids is 1. The zero-order chi connectivity index (χ0) is 32.0. The molecule has 2 amide bonds. The first-order valence-corrected chi connectivity index (χ1v) is 14.5. The van der Waals surface area contributed by atoms with Gasteiger partial charge in [0.2, 0.25) is 23.0 Å². The van der Waals surface area contributed by atoms with E-state index in [2.05, 4.69) is 16.0 Å². The Morgan fingerprint density at radius 2 is 1.67 bits per heavy atom. The maximum atomic E-state index is 13.8. The number of aryl methyl sites for hydroxylation is 1. The molecule has 1 aliphatic rings. The fourth-order valence-corrected chi connectivity index (χ4v) is 5.45. The third kappa shape index (κ3) is 7.21. The van der Waals surface area contributed by atoms with Gasteiger partial charge in [-0.15, -0.1) is 0 Å². The van der Waals surface area contributed by atoms with E-state index in [-0.39, 0.29) is 28.9 Å². The van der Waals surface area contributed by atoms with Crippen molar-refractivity contribution in [1.29, 1.82) is 0 Å². The number of hydrogen-bond donors (Lipinski definition) is 4. The number of rotatable bonds is 12. The smallest absolute Gasteiger partial charge is 0.326 e. The predicted octanol–water partition coefficient (Wildman–Crippen LogP) is 3.92. The molecular formula is C32H43N3O8. The van der Waals surface area contributed by atoms with Gasteiger partial charge in [0.15, 0.2) is 11.5 Å². The molecule has 43 heavy (non-hydrogen) atoms. The number of carboxylic acid groups (broad SMARTS) is 1. The van der Waals surface area contributed by atoms with Crippen LogP contribution in [-0.4, -0.2) is 56.3 Å². The Balaban J connectivity index is 2.23. The predicted molar refractivity (Wildman–Crippen MR) is 164 cm³/mol. The minimum absolute atomic E-state index is 0.160. The van der Waals surface area contributed by atoms with Crippen LogP contribution >= 0.6 is 0 Å². The van der Waals surface area contributed by atoms with Crippen LogP contribution < -0.4 is 35.6 Å². The monoisotopic (exact) mass is 597 g/mol. The number of carboxylic acids is 1. The summed E-state index contributed by atoms with van der Waals surface area (Å²) in [6.07, 6.45) is 1.67. The van der Waals surface area contributed by atoms with Crippen LogP contribution in [-0.2, 0) is 20.8 Å². The third-order valence-electron chi connectivity index (χ3n) is 7.95. The van der Waals surface area contributed by atoms with Gasteiger partial charge in [-0.3, -0.25) is 14.4 Å². The van der Waals surface area contributed by atoms with Gasteiger partial charge in [0.1, 0.15) is 12.1 Å². The Morgan fingerprint density at radius 1 is 1.00 bits per heavy atom. The molecule has 2 aromatic rings. The van der Waals surface area contributed by atoms with Crippen LogP contribution in [0.3, 0.4) is 0 Å². The number of anilines is 1.